The monoisotopic (exact) mass is 425 g/mol. The molecule has 0 unspecified atom stereocenters. The molecule has 6 nitrogen and oxygen atoms in total. The van der Waals surface area contributed by atoms with Gasteiger partial charge >= 0.3 is 6.03 Å². The second-order valence-corrected chi connectivity index (χ2v) is 7.78. The first-order chi connectivity index (χ1) is 15.4. The predicted molar refractivity (Wildman–Crippen MR) is 125 cm³/mol. The summed E-state index contributed by atoms with van der Waals surface area (Å²) in [5, 5.41) is 5.24. The smallest absolute Gasteiger partial charge is 0.325 e. The fourth-order valence-corrected chi connectivity index (χ4v) is 3.38. The molecule has 6 heteroatoms. The summed E-state index contributed by atoms with van der Waals surface area (Å²) in [5.41, 5.74) is 5.95. The van der Waals surface area contributed by atoms with E-state index in [0.29, 0.717) is 5.69 Å². The van der Waals surface area contributed by atoms with Crippen LogP contribution in [0.15, 0.2) is 78.5 Å². The first-order valence-corrected chi connectivity index (χ1v) is 10.3. The molecule has 2 N–H and O–H groups in total. The van der Waals surface area contributed by atoms with E-state index >= 15 is 0 Å². The molecule has 0 radical (unpaired) electrons. The molecule has 0 aromatic heterocycles. The van der Waals surface area contributed by atoms with Crippen LogP contribution in [0.25, 0.3) is 17.2 Å². The highest BCUT2D eigenvalue weighted by Crippen LogP contribution is 2.22. The third-order valence-corrected chi connectivity index (χ3v) is 5.21. The Hall–Kier alpha value is -4.19. The summed E-state index contributed by atoms with van der Waals surface area (Å²) in [6.45, 7) is 3.63. The maximum Gasteiger partial charge on any atom is 0.329 e. The summed E-state index contributed by atoms with van der Waals surface area (Å²) in [6.07, 6.45) is 1.61. The zero-order chi connectivity index (χ0) is 22.7. The van der Waals surface area contributed by atoms with Crippen LogP contribution in [0.3, 0.4) is 0 Å². The Morgan fingerprint density at radius 1 is 0.844 bits per heavy atom. The van der Waals surface area contributed by atoms with Crippen molar-refractivity contribution >= 4 is 29.6 Å². The summed E-state index contributed by atoms with van der Waals surface area (Å²) >= 11 is 0. The van der Waals surface area contributed by atoms with Gasteiger partial charge in [-0.05, 0) is 48.7 Å². The Morgan fingerprint density at radius 3 is 1.97 bits per heavy atom. The Balaban J connectivity index is 1.43. The van der Waals surface area contributed by atoms with Gasteiger partial charge in [0.25, 0.3) is 5.91 Å². The summed E-state index contributed by atoms with van der Waals surface area (Å²) in [4.78, 5) is 38.1. The fraction of sp³-hybridized carbons (Fsp3) is 0.115. The van der Waals surface area contributed by atoms with E-state index in [1.165, 1.54) is 5.56 Å². The van der Waals surface area contributed by atoms with Crippen LogP contribution in [0.5, 0.6) is 0 Å². The van der Waals surface area contributed by atoms with Gasteiger partial charge in [-0.25, -0.2) is 9.69 Å². The number of hydrogen-bond acceptors (Lipinski definition) is 3. The first kappa shape index (κ1) is 21.1. The average molecular weight is 425 g/mol. The molecule has 4 amide bonds. The number of hydrogen-bond donors (Lipinski definition) is 2. The van der Waals surface area contributed by atoms with Gasteiger partial charge in [0.1, 0.15) is 12.2 Å². The SMILES string of the molecule is Cc1ccc(NC(=O)CN2C(=O)NC(=Cc3ccc(-c4ccc(C)cc4)cc3)C2=O)cc1. The highest BCUT2D eigenvalue weighted by atomic mass is 16.2. The van der Waals surface area contributed by atoms with E-state index in [0.717, 1.165) is 27.2 Å². The Morgan fingerprint density at radius 2 is 1.38 bits per heavy atom. The van der Waals surface area contributed by atoms with E-state index in [-0.39, 0.29) is 12.2 Å². The fourth-order valence-electron chi connectivity index (χ4n) is 3.38. The third-order valence-electron chi connectivity index (χ3n) is 5.21. The van der Waals surface area contributed by atoms with Gasteiger partial charge in [-0.3, -0.25) is 9.59 Å². The van der Waals surface area contributed by atoms with Crippen molar-refractivity contribution < 1.29 is 14.4 Å². The zero-order valence-corrected chi connectivity index (χ0v) is 17.9. The molecule has 3 aromatic rings. The number of urea groups is 1. The van der Waals surface area contributed by atoms with Gasteiger partial charge in [0.05, 0.1) is 0 Å². The van der Waals surface area contributed by atoms with Crippen LogP contribution in [0.2, 0.25) is 0 Å². The molecule has 1 aliphatic rings. The predicted octanol–water partition coefficient (Wildman–Crippen LogP) is 4.50. The highest BCUT2D eigenvalue weighted by Gasteiger charge is 2.34. The van der Waals surface area contributed by atoms with E-state index in [2.05, 4.69) is 34.9 Å². The lowest BCUT2D eigenvalue weighted by molar-refractivity contribution is -0.127. The van der Waals surface area contributed by atoms with Gasteiger partial charge in [0.2, 0.25) is 5.91 Å². The van der Waals surface area contributed by atoms with Crippen molar-refractivity contribution in [2.24, 2.45) is 0 Å². The van der Waals surface area contributed by atoms with E-state index in [1.807, 2.05) is 50.2 Å². The van der Waals surface area contributed by atoms with Crippen LogP contribution in [0.4, 0.5) is 10.5 Å². The van der Waals surface area contributed by atoms with Crippen LogP contribution in [0, 0.1) is 13.8 Å². The number of benzene rings is 3. The minimum Gasteiger partial charge on any atom is -0.325 e. The quantitative estimate of drug-likeness (QED) is 0.467. The molecule has 1 saturated heterocycles. The number of carbonyl (C=O) groups excluding carboxylic acids is 3. The van der Waals surface area contributed by atoms with Gasteiger partial charge in [-0.15, -0.1) is 0 Å². The second kappa shape index (κ2) is 8.89. The summed E-state index contributed by atoms with van der Waals surface area (Å²) < 4.78 is 0. The molecule has 3 aromatic carbocycles. The highest BCUT2D eigenvalue weighted by molar-refractivity contribution is 6.15. The molecular weight excluding hydrogens is 402 g/mol. The van der Waals surface area contributed by atoms with Gasteiger partial charge in [0, 0.05) is 5.69 Å². The molecule has 4 rings (SSSR count). The largest absolute Gasteiger partial charge is 0.329 e. The molecule has 160 valence electrons. The van der Waals surface area contributed by atoms with Crippen molar-refractivity contribution in [3.63, 3.8) is 0 Å². The molecule has 32 heavy (non-hydrogen) atoms. The maximum atomic E-state index is 12.7. The van der Waals surface area contributed by atoms with Crippen LogP contribution >= 0.6 is 0 Å². The number of carbonyl (C=O) groups is 3. The van der Waals surface area contributed by atoms with Gasteiger partial charge < -0.3 is 10.6 Å². The molecule has 1 aliphatic heterocycles. The first-order valence-electron chi connectivity index (χ1n) is 10.3. The summed E-state index contributed by atoms with van der Waals surface area (Å²) in [7, 11) is 0. The normalized spacial score (nSPS) is 14.6. The molecule has 0 saturated carbocycles. The van der Waals surface area contributed by atoms with Crippen LogP contribution in [0.1, 0.15) is 16.7 Å². The van der Waals surface area contributed by atoms with Crippen molar-refractivity contribution in [1.82, 2.24) is 10.2 Å². The van der Waals surface area contributed by atoms with Crippen molar-refractivity contribution in [2.45, 2.75) is 13.8 Å². The van der Waals surface area contributed by atoms with Crippen molar-refractivity contribution in [1.29, 1.82) is 0 Å². The minimum atomic E-state index is -0.614. The molecule has 1 fully saturated rings. The van der Waals surface area contributed by atoms with Crippen LogP contribution in [-0.2, 0) is 9.59 Å². The van der Waals surface area contributed by atoms with E-state index < -0.39 is 17.8 Å². The number of nitrogens with zero attached hydrogens (tertiary/aromatic N) is 1. The molecule has 0 atom stereocenters. The van der Waals surface area contributed by atoms with Crippen molar-refractivity contribution in [2.75, 3.05) is 11.9 Å². The molecule has 0 aliphatic carbocycles. The van der Waals surface area contributed by atoms with Crippen LogP contribution in [-0.4, -0.2) is 29.3 Å². The van der Waals surface area contributed by atoms with Gasteiger partial charge in [-0.1, -0.05) is 71.8 Å². The van der Waals surface area contributed by atoms with E-state index in [1.54, 1.807) is 18.2 Å². The zero-order valence-electron chi connectivity index (χ0n) is 17.9. The maximum absolute atomic E-state index is 12.7. The standard InChI is InChI=1S/C26H23N3O3/c1-17-3-9-20(10-4-17)21-11-7-19(8-12-21)15-23-25(31)29(26(32)28-23)16-24(30)27-22-13-5-18(2)6-14-22/h3-15H,16H2,1-2H3,(H,27,30)(H,28,32). The molecule has 0 spiro atoms. The van der Waals surface area contributed by atoms with Crippen LogP contribution < -0.4 is 10.6 Å². The lowest BCUT2D eigenvalue weighted by atomic mass is 10.0. The Bertz CT molecular complexity index is 1190. The Kier molecular flexibility index (Phi) is 5.85. The summed E-state index contributed by atoms with van der Waals surface area (Å²) in [6, 6.07) is 22.6. The number of amides is 4. The topological polar surface area (TPSA) is 78.5 Å². The average Bonchev–Trinajstić information content (AvgIpc) is 3.04. The Labute approximate surface area is 186 Å². The molecule has 1 heterocycles. The second-order valence-electron chi connectivity index (χ2n) is 7.78. The van der Waals surface area contributed by atoms with Gasteiger partial charge in [0.15, 0.2) is 0 Å². The van der Waals surface area contributed by atoms with Crippen molar-refractivity contribution in [3.05, 3.63) is 95.2 Å². The van der Waals surface area contributed by atoms with E-state index in [4.69, 9.17) is 0 Å². The number of aryl methyl sites for hydroxylation is 2. The lowest BCUT2D eigenvalue weighted by Gasteiger charge is -2.12. The van der Waals surface area contributed by atoms with Gasteiger partial charge in [-0.2, -0.15) is 0 Å². The number of imide groups is 1. The third kappa shape index (κ3) is 4.75. The van der Waals surface area contributed by atoms with Crippen molar-refractivity contribution in [3.8, 4) is 11.1 Å². The number of rotatable bonds is 5. The number of anilines is 1. The van der Waals surface area contributed by atoms with E-state index in [9.17, 15) is 14.4 Å². The minimum absolute atomic E-state index is 0.140. The lowest BCUT2D eigenvalue weighted by Crippen LogP contribution is -2.38. The summed E-state index contributed by atoms with van der Waals surface area (Å²) in [5.74, 6) is -0.974. The molecule has 0 bridgehead atoms. The number of nitrogens with one attached hydrogen (secondary N) is 2. The molecular formula is C26H23N3O3.